The van der Waals surface area contributed by atoms with Gasteiger partial charge in [0.15, 0.2) is 0 Å². The SMILES string of the molecule is C=C/C=C\C(=C/C=C)NC(CCCCCCC)CCCCCCCC. The normalized spacial score (nSPS) is 13.1. The lowest BCUT2D eigenvalue weighted by Gasteiger charge is -2.21. The number of hydrogen-bond donors (Lipinski definition) is 1. The van der Waals surface area contributed by atoms with Gasteiger partial charge in [-0.1, -0.05) is 116 Å². The number of hydrogen-bond acceptors (Lipinski definition) is 1. The molecule has 0 aromatic rings. The second-order valence-electron chi connectivity index (χ2n) is 7.05. The molecule has 0 bridgehead atoms. The summed E-state index contributed by atoms with van der Waals surface area (Å²) in [6, 6.07) is 0.577. The molecule has 0 saturated heterocycles. The van der Waals surface area contributed by atoms with Gasteiger partial charge in [0.1, 0.15) is 0 Å². The minimum atomic E-state index is 0.577. The monoisotopic (exact) mass is 345 g/mol. The van der Waals surface area contributed by atoms with Crippen LogP contribution in [0.4, 0.5) is 0 Å². The van der Waals surface area contributed by atoms with Crippen molar-refractivity contribution < 1.29 is 0 Å². The van der Waals surface area contributed by atoms with E-state index >= 15 is 0 Å². The van der Waals surface area contributed by atoms with E-state index in [9.17, 15) is 0 Å². The fourth-order valence-corrected chi connectivity index (χ4v) is 3.14. The summed E-state index contributed by atoms with van der Waals surface area (Å²) in [5.41, 5.74) is 1.15. The van der Waals surface area contributed by atoms with Gasteiger partial charge in [-0.3, -0.25) is 0 Å². The van der Waals surface area contributed by atoms with Crippen LogP contribution in [-0.2, 0) is 0 Å². The van der Waals surface area contributed by atoms with Crippen molar-refractivity contribution in [2.24, 2.45) is 0 Å². The lowest BCUT2D eigenvalue weighted by atomic mass is 10.00. The van der Waals surface area contributed by atoms with Crippen LogP contribution in [0.5, 0.6) is 0 Å². The topological polar surface area (TPSA) is 12.0 Å². The van der Waals surface area contributed by atoms with E-state index in [-0.39, 0.29) is 0 Å². The van der Waals surface area contributed by atoms with Crippen LogP contribution in [0.2, 0.25) is 0 Å². The Kier molecular flexibility index (Phi) is 18.1. The van der Waals surface area contributed by atoms with E-state index in [0.717, 1.165) is 5.70 Å². The quantitative estimate of drug-likeness (QED) is 0.197. The van der Waals surface area contributed by atoms with Gasteiger partial charge in [-0.25, -0.2) is 0 Å². The Hall–Kier alpha value is -1.24. The molecule has 0 spiro atoms. The highest BCUT2D eigenvalue weighted by molar-refractivity contribution is 5.24. The minimum absolute atomic E-state index is 0.577. The van der Waals surface area contributed by atoms with Crippen molar-refractivity contribution in [3.05, 3.63) is 49.2 Å². The molecule has 0 saturated carbocycles. The van der Waals surface area contributed by atoms with Gasteiger partial charge in [-0.2, -0.15) is 0 Å². The smallest absolute Gasteiger partial charge is 0.0342 e. The summed E-state index contributed by atoms with van der Waals surface area (Å²) in [5.74, 6) is 0. The standard InChI is InChI=1S/C24H43N/c1-5-9-12-14-16-18-22-24(21-17-15-13-10-6-2)25-23(19-8-4)20-11-7-3/h7-8,11,19-20,24-25H,3-6,9-10,12-18,21-22H2,1-2H3/b20-11-,23-19+. The molecule has 0 radical (unpaired) electrons. The molecule has 1 N–H and O–H groups in total. The van der Waals surface area contributed by atoms with Crippen molar-refractivity contribution in [3.63, 3.8) is 0 Å². The molecular formula is C24H43N. The largest absolute Gasteiger partial charge is 0.382 e. The van der Waals surface area contributed by atoms with E-state index in [1.807, 2.05) is 18.2 Å². The molecule has 144 valence electrons. The molecule has 0 rings (SSSR count). The fourth-order valence-electron chi connectivity index (χ4n) is 3.14. The predicted octanol–water partition coefficient (Wildman–Crippen LogP) is 7.87. The van der Waals surface area contributed by atoms with Crippen LogP contribution in [0, 0.1) is 0 Å². The van der Waals surface area contributed by atoms with Gasteiger partial charge in [0.25, 0.3) is 0 Å². The van der Waals surface area contributed by atoms with Crippen molar-refractivity contribution >= 4 is 0 Å². The van der Waals surface area contributed by atoms with Gasteiger partial charge in [0.2, 0.25) is 0 Å². The van der Waals surface area contributed by atoms with Gasteiger partial charge in [0.05, 0.1) is 0 Å². The first-order chi connectivity index (χ1) is 12.3. The van der Waals surface area contributed by atoms with Crippen molar-refractivity contribution in [1.29, 1.82) is 0 Å². The Labute approximate surface area is 158 Å². The van der Waals surface area contributed by atoms with E-state index in [0.29, 0.717) is 6.04 Å². The molecular weight excluding hydrogens is 302 g/mol. The summed E-state index contributed by atoms with van der Waals surface area (Å²) < 4.78 is 0. The van der Waals surface area contributed by atoms with Crippen LogP contribution in [0.3, 0.4) is 0 Å². The minimum Gasteiger partial charge on any atom is -0.382 e. The zero-order valence-corrected chi connectivity index (χ0v) is 17.1. The van der Waals surface area contributed by atoms with Crippen LogP contribution >= 0.6 is 0 Å². The average Bonchev–Trinajstić information content (AvgIpc) is 2.62. The number of allylic oxidation sites excluding steroid dienone is 5. The molecule has 25 heavy (non-hydrogen) atoms. The molecule has 0 fully saturated rings. The summed E-state index contributed by atoms with van der Waals surface area (Å²) in [7, 11) is 0. The fraction of sp³-hybridized carbons (Fsp3) is 0.667. The molecule has 1 atom stereocenters. The summed E-state index contributed by atoms with van der Waals surface area (Å²) in [4.78, 5) is 0. The van der Waals surface area contributed by atoms with Crippen molar-refractivity contribution in [3.8, 4) is 0 Å². The maximum Gasteiger partial charge on any atom is 0.0342 e. The van der Waals surface area contributed by atoms with Crippen molar-refractivity contribution in [1.82, 2.24) is 5.32 Å². The Morgan fingerprint density at radius 2 is 1.28 bits per heavy atom. The van der Waals surface area contributed by atoms with Crippen molar-refractivity contribution in [2.45, 2.75) is 103 Å². The summed E-state index contributed by atoms with van der Waals surface area (Å²) in [6.45, 7) is 12.2. The highest BCUT2D eigenvalue weighted by Gasteiger charge is 2.08. The van der Waals surface area contributed by atoms with E-state index in [2.05, 4.69) is 44.5 Å². The van der Waals surface area contributed by atoms with Gasteiger partial charge in [-0.15, -0.1) is 0 Å². The highest BCUT2D eigenvalue weighted by Crippen LogP contribution is 2.15. The van der Waals surface area contributed by atoms with Crippen LogP contribution in [0.15, 0.2) is 49.2 Å². The van der Waals surface area contributed by atoms with E-state index in [1.54, 1.807) is 0 Å². The first-order valence-corrected chi connectivity index (χ1v) is 10.7. The zero-order valence-electron chi connectivity index (χ0n) is 17.1. The van der Waals surface area contributed by atoms with Gasteiger partial charge >= 0.3 is 0 Å². The lowest BCUT2D eigenvalue weighted by Crippen LogP contribution is -2.28. The molecule has 1 heteroatoms. The number of rotatable bonds is 18. The summed E-state index contributed by atoms with van der Waals surface area (Å²) >= 11 is 0. The molecule has 0 aromatic heterocycles. The Morgan fingerprint density at radius 3 is 1.76 bits per heavy atom. The van der Waals surface area contributed by atoms with Gasteiger partial charge in [0, 0.05) is 11.7 Å². The highest BCUT2D eigenvalue weighted by atomic mass is 14.9. The third-order valence-corrected chi connectivity index (χ3v) is 4.64. The van der Waals surface area contributed by atoms with E-state index < -0.39 is 0 Å². The number of nitrogens with one attached hydrogen (secondary N) is 1. The van der Waals surface area contributed by atoms with Gasteiger partial charge < -0.3 is 5.32 Å². The van der Waals surface area contributed by atoms with Crippen LogP contribution in [0.25, 0.3) is 0 Å². The average molecular weight is 346 g/mol. The predicted molar refractivity (Wildman–Crippen MR) is 116 cm³/mol. The molecule has 0 aliphatic carbocycles. The van der Waals surface area contributed by atoms with Crippen LogP contribution < -0.4 is 5.32 Å². The first kappa shape index (κ1) is 23.8. The van der Waals surface area contributed by atoms with Crippen LogP contribution in [-0.4, -0.2) is 6.04 Å². The molecule has 1 unspecified atom stereocenters. The zero-order chi connectivity index (χ0) is 18.6. The second-order valence-corrected chi connectivity index (χ2v) is 7.05. The molecule has 0 aliphatic heterocycles. The molecule has 0 amide bonds. The summed E-state index contributed by atoms with van der Waals surface area (Å²) in [6.07, 6.45) is 27.4. The second kappa shape index (κ2) is 19.1. The maximum atomic E-state index is 3.84. The molecule has 0 heterocycles. The van der Waals surface area contributed by atoms with Crippen molar-refractivity contribution in [2.75, 3.05) is 0 Å². The Balaban J connectivity index is 4.37. The first-order valence-electron chi connectivity index (χ1n) is 10.7. The Morgan fingerprint density at radius 1 is 0.760 bits per heavy atom. The maximum absolute atomic E-state index is 3.84. The third-order valence-electron chi connectivity index (χ3n) is 4.64. The lowest BCUT2D eigenvalue weighted by molar-refractivity contribution is 0.442. The van der Waals surface area contributed by atoms with Crippen LogP contribution in [0.1, 0.15) is 97.3 Å². The molecule has 0 aliphatic rings. The third kappa shape index (κ3) is 16.0. The van der Waals surface area contributed by atoms with E-state index in [4.69, 9.17) is 0 Å². The van der Waals surface area contributed by atoms with E-state index in [1.165, 1.54) is 83.5 Å². The molecule has 1 nitrogen and oxygen atoms in total. The molecule has 0 aromatic carbocycles. The van der Waals surface area contributed by atoms with Gasteiger partial charge in [-0.05, 0) is 25.0 Å². The number of unbranched alkanes of at least 4 members (excludes halogenated alkanes) is 9. The summed E-state index contributed by atoms with van der Waals surface area (Å²) in [5, 5.41) is 3.74. The Bertz CT molecular complexity index is 364.